The Balaban J connectivity index is 1.38. The van der Waals surface area contributed by atoms with Gasteiger partial charge in [-0.15, -0.1) is 0 Å². The highest BCUT2D eigenvalue weighted by Gasteiger charge is 2.21. The van der Waals surface area contributed by atoms with E-state index in [1.54, 1.807) is 6.07 Å². The first-order chi connectivity index (χ1) is 14.6. The number of amides is 1. The molecule has 3 aromatic rings. The van der Waals surface area contributed by atoms with E-state index in [-0.39, 0.29) is 18.5 Å². The van der Waals surface area contributed by atoms with Gasteiger partial charge in [0.25, 0.3) is 5.91 Å². The van der Waals surface area contributed by atoms with E-state index in [2.05, 4.69) is 32.7 Å². The third-order valence-corrected chi connectivity index (χ3v) is 5.09. The monoisotopic (exact) mass is 408 g/mol. The Labute approximate surface area is 173 Å². The first kappa shape index (κ1) is 20.0. The van der Waals surface area contributed by atoms with Crippen LogP contribution in [0.2, 0.25) is 0 Å². The number of anilines is 1. The quantitative estimate of drug-likeness (QED) is 0.679. The molecule has 1 aliphatic heterocycles. The summed E-state index contributed by atoms with van der Waals surface area (Å²) in [5.74, 6) is -0.882. The standard InChI is InChI=1S/C23H22F2N4O/c24-19-10-16(11-20(25)12-19)13-28-23(30)18-6-7-22(27-14-18)29-9-8-26-21(15-29)17-4-2-1-3-5-17/h1-7,10-12,14,21,26H,8-9,13,15H2,(H,28,30)/t21-/m1/s1. The second-order valence-corrected chi connectivity index (χ2v) is 7.23. The van der Waals surface area contributed by atoms with Crippen LogP contribution in [0.3, 0.4) is 0 Å². The minimum absolute atomic E-state index is 0.0335. The maximum atomic E-state index is 13.3. The molecule has 2 heterocycles. The van der Waals surface area contributed by atoms with Gasteiger partial charge in [0.2, 0.25) is 0 Å². The lowest BCUT2D eigenvalue weighted by Gasteiger charge is -2.34. The SMILES string of the molecule is O=C(NCc1cc(F)cc(F)c1)c1ccc(N2CCN[C@@H](c3ccccc3)C2)nc1. The van der Waals surface area contributed by atoms with Crippen molar-refractivity contribution in [3.05, 3.63) is 95.2 Å². The third kappa shape index (κ3) is 4.80. The molecule has 0 saturated carbocycles. The van der Waals surface area contributed by atoms with Gasteiger partial charge in [-0.2, -0.15) is 0 Å². The van der Waals surface area contributed by atoms with E-state index < -0.39 is 11.6 Å². The molecule has 1 aromatic heterocycles. The Hall–Kier alpha value is -3.32. The highest BCUT2D eigenvalue weighted by molar-refractivity contribution is 5.94. The van der Waals surface area contributed by atoms with E-state index >= 15 is 0 Å². The van der Waals surface area contributed by atoms with Gasteiger partial charge >= 0.3 is 0 Å². The van der Waals surface area contributed by atoms with Crippen LogP contribution in [-0.4, -0.2) is 30.5 Å². The van der Waals surface area contributed by atoms with Gasteiger partial charge in [0.1, 0.15) is 17.5 Å². The minimum Gasteiger partial charge on any atom is -0.353 e. The molecule has 1 fully saturated rings. The van der Waals surface area contributed by atoms with Crippen LogP contribution in [0.4, 0.5) is 14.6 Å². The topological polar surface area (TPSA) is 57.3 Å². The summed E-state index contributed by atoms with van der Waals surface area (Å²) in [5, 5.41) is 6.18. The third-order valence-electron chi connectivity index (χ3n) is 5.09. The number of hydrogen-bond donors (Lipinski definition) is 2. The van der Waals surface area contributed by atoms with Gasteiger partial charge in [-0.25, -0.2) is 13.8 Å². The Bertz CT molecular complexity index is 991. The van der Waals surface area contributed by atoms with E-state index in [1.165, 1.54) is 23.9 Å². The molecule has 7 heteroatoms. The maximum absolute atomic E-state index is 13.3. The lowest BCUT2D eigenvalue weighted by Crippen LogP contribution is -2.46. The molecule has 0 bridgehead atoms. The smallest absolute Gasteiger partial charge is 0.253 e. The fraction of sp³-hybridized carbons (Fsp3) is 0.217. The molecule has 0 unspecified atom stereocenters. The van der Waals surface area contributed by atoms with Crippen molar-refractivity contribution in [2.45, 2.75) is 12.6 Å². The molecule has 2 aromatic carbocycles. The number of nitrogens with one attached hydrogen (secondary N) is 2. The zero-order valence-corrected chi connectivity index (χ0v) is 16.3. The van der Waals surface area contributed by atoms with Gasteiger partial charge in [0.15, 0.2) is 0 Å². The van der Waals surface area contributed by atoms with E-state index in [0.717, 1.165) is 31.5 Å². The number of carbonyl (C=O) groups excluding carboxylic acids is 1. The number of rotatable bonds is 5. The summed E-state index contributed by atoms with van der Waals surface area (Å²) in [7, 11) is 0. The van der Waals surface area contributed by atoms with Crippen molar-refractivity contribution < 1.29 is 13.6 Å². The Kier molecular flexibility index (Phi) is 5.99. The van der Waals surface area contributed by atoms with Crippen LogP contribution in [0.25, 0.3) is 0 Å². The lowest BCUT2D eigenvalue weighted by atomic mass is 10.0. The molecule has 154 valence electrons. The largest absolute Gasteiger partial charge is 0.353 e. The van der Waals surface area contributed by atoms with Crippen LogP contribution in [0, 0.1) is 11.6 Å². The van der Waals surface area contributed by atoms with Gasteiger partial charge in [0.05, 0.1) is 5.56 Å². The van der Waals surface area contributed by atoms with Crippen molar-refractivity contribution in [2.24, 2.45) is 0 Å². The first-order valence-corrected chi connectivity index (χ1v) is 9.81. The van der Waals surface area contributed by atoms with Crippen molar-refractivity contribution in [1.82, 2.24) is 15.6 Å². The average Bonchev–Trinajstić information content (AvgIpc) is 2.78. The number of piperazine rings is 1. The highest BCUT2D eigenvalue weighted by atomic mass is 19.1. The molecule has 0 aliphatic carbocycles. The molecule has 2 N–H and O–H groups in total. The molecule has 1 atom stereocenters. The normalized spacial score (nSPS) is 16.3. The fourth-order valence-electron chi connectivity index (χ4n) is 3.57. The van der Waals surface area contributed by atoms with Crippen molar-refractivity contribution in [1.29, 1.82) is 0 Å². The second-order valence-electron chi connectivity index (χ2n) is 7.23. The summed E-state index contributed by atoms with van der Waals surface area (Å²) >= 11 is 0. The van der Waals surface area contributed by atoms with Crippen LogP contribution in [0.1, 0.15) is 27.5 Å². The number of pyridine rings is 1. The zero-order chi connectivity index (χ0) is 20.9. The van der Waals surface area contributed by atoms with E-state index in [9.17, 15) is 13.6 Å². The van der Waals surface area contributed by atoms with Crippen molar-refractivity contribution >= 4 is 11.7 Å². The Morgan fingerprint density at radius 2 is 1.87 bits per heavy atom. The first-order valence-electron chi connectivity index (χ1n) is 9.81. The number of aromatic nitrogens is 1. The van der Waals surface area contributed by atoms with Crippen molar-refractivity contribution in [3.8, 4) is 0 Å². The summed E-state index contributed by atoms with van der Waals surface area (Å²) < 4.78 is 26.5. The molecule has 1 aliphatic rings. The number of carbonyl (C=O) groups is 1. The van der Waals surface area contributed by atoms with Gasteiger partial charge in [-0.05, 0) is 35.4 Å². The van der Waals surface area contributed by atoms with Gasteiger partial charge in [-0.1, -0.05) is 30.3 Å². The summed E-state index contributed by atoms with van der Waals surface area (Å²) in [6.45, 7) is 2.49. The molecule has 5 nitrogen and oxygen atoms in total. The summed E-state index contributed by atoms with van der Waals surface area (Å²) in [6, 6.07) is 17.2. The van der Waals surface area contributed by atoms with Gasteiger partial charge in [0, 0.05) is 44.5 Å². The number of halogens is 2. The second kappa shape index (κ2) is 9.00. The average molecular weight is 408 g/mol. The predicted molar refractivity (Wildman–Crippen MR) is 111 cm³/mol. The molecule has 1 amide bonds. The van der Waals surface area contributed by atoms with E-state index in [1.807, 2.05) is 24.3 Å². The number of benzene rings is 2. The summed E-state index contributed by atoms with van der Waals surface area (Å²) in [6.07, 6.45) is 1.52. The van der Waals surface area contributed by atoms with Crippen molar-refractivity contribution in [2.75, 3.05) is 24.5 Å². The predicted octanol–water partition coefficient (Wildman–Crippen LogP) is 3.44. The van der Waals surface area contributed by atoms with Gasteiger partial charge in [-0.3, -0.25) is 4.79 Å². The molecular formula is C23H22F2N4O. The Morgan fingerprint density at radius 3 is 2.57 bits per heavy atom. The highest BCUT2D eigenvalue weighted by Crippen LogP contribution is 2.21. The molecule has 4 rings (SSSR count). The van der Waals surface area contributed by atoms with Crippen LogP contribution in [0.15, 0.2) is 66.9 Å². The molecule has 30 heavy (non-hydrogen) atoms. The van der Waals surface area contributed by atoms with Crippen LogP contribution < -0.4 is 15.5 Å². The minimum atomic E-state index is -0.671. The van der Waals surface area contributed by atoms with E-state index in [4.69, 9.17) is 0 Å². The zero-order valence-electron chi connectivity index (χ0n) is 16.3. The summed E-state index contributed by atoms with van der Waals surface area (Å²) in [4.78, 5) is 19.0. The van der Waals surface area contributed by atoms with Crippen LogP contribution in [-0.2, 0) is 6.54 Å². The maximum Gasteiger partial charge on any atom is 0.253 e. The van der Waals surface area contributed by atoms with Crippen molar-refractivity contribution in [3.63, 3.8) is 0 Å². The van der Waals surface area contributed by atoms with Gasteiger partial charge < -0.3 is 15.5 Å². The number of hydrogen-bond acceptors (Lipinski definition) is 4. The molecular weight excluding hydrogens is 386 g/mol. The fourth-order valence-corrected chi connectivity index (χ4v) is 3.57. The molecule has 0 spiro atoms. The van der Waals surface area contributed by atoms with Crippen LogP contribution >= 0.6 is 0 Å². The number of nitrogens with zero attached hydrogens (tertiary/aromatic N) is 2. The van der Waals surface area contributed by atoms with E-state index in [0.29, 0.717) is 11.1 Å². The summed E-state index contributed by atoms with van der Waals surface area (Å²) in [5.41, 5.74) is 1.98. The van der Waals surface area contributed by atoms with Crippen LogP contribution in [0.5, 0.6) is 0 Å². The Morgan fingerprint density at radius 1 is 1.10 bits per heavy atom. The molecule has 1 saturated heterocycles. The lowest BCUT2D eigenvalue weighted by molar-refractivity contribution is 0.0950. The molecule has 0 radical (unpaired) electrons.